The van der Waals surface area contributed by atoms with E-state index in [1.54, 1.807) is 12.4 Å². The van der Waals surface area contributed by atoms with Crippen LogP contribution in [0.1, 0.15) is 18.9 Å². The summed E-state index contributed by atoms with van der Waals surface area (Å²) in [5.74, 6) is 1.37. The van der Waals surface area contributed by atoms with Gasteiger partial charge in [-0.2, -0.15) is 0 Å². The van der Waals surface area contributed by atoms with Gasteiger partial charge in [0.05, 0.1) is 13.2 Å². The molecule has 4 heteroatoms. The van der Waals surface area contributed by atoms with Crippen molar-refractivity contribution in [3.8, 4) is 11.5 Å². The van der Waals surface area contributed by atoms with Crippen molar-refractivity contribution in [2.45, 2.75) is 19.8 Å². The molecule has 0 spiro atoms. The molecule has 0 aliphatic rings. The third kappa shape index (κ3) is 3.88. The van der Waals surface area contributed by atoms with Gasteiger partial charge in [-0.25, -0.2) is 0 Å². The van der Waals surface area contributed by atoms with Crippen molar-refractivity contribution in [2.75, 3.05) is 18.9 Å². The van der Waals surface area contributed by atoms with Gasteiger partial charge in [0, 0.05) is 12.4 Å². The Morgan fingerprint density at radius 3 is 2.45 bits per heavy atom. The number of rotatable bonds is 7. The first kappa shape index (κ1) is 14.2. The molecule has 1 heterocycles. The van der Waals surface area contributed by atoms with E-state index < -0.39 is 0 Å². The summed E-state index contributed by atoms with van der Waals surface area (Å²) in [5.41, 5.74) is 7.84. The first-order chi connectivity index (χ1) is 9.81. The molecule has 20 heavy (non-hydrogen) atoms. The highest BCUT2D eigenvalue weighted by atomic mass is 16.5. The van der Waals surface area contributed by atoms with Crippen molar-refractivity contribution in [1.29, 1.82) is 0 Å². The highest BCUT2D eigenvalue weighted by Gasteiger charge is 2.06. The average molecular weight is 272 g/mol. The van der Waals surface area contributed by atoms with Gasteiger partial charge < -0.3 is 15.2 Å². The molecular formula is C16H20N2O2. The number of aryl methyl sites for hydroxylation is 1. The molecule has 0 unspecified atom stereocenters. The van der Waals surface area contributed by atoms with Gasteiger partial charge in [-0.1, -0.05) is 6.07 Å². The molecule has 0 amide bonds. The maximum atomic E-state index is 6.00. The molecule has 2 aromatic rings. The van der Waals surface area contributed by atoms with Gasteiger partial charge in [0.1, 0.15) is 17.2 Å². The molecule has 0 atom stereocenters. The molecule has 4 nitrogen and oxygen atoms in total. The minimum absolute atomic E-state index is 0.568. The van der Waals surface area contributed by atoms with Crippen LogP contribution in [0.3, 0.4) is 0 Å². The van der Waals surface area contributed by atoms with Crippen molar-refractivity contribution < 1.29 is 9.47 Å². The lowest BCUT2D eigenvalue weighted by Gasteiger charge is -2.12. The van der Waals surface area contributed by atoms with Crippen LogP contribution in [0.5, 0.6) is 11.5 Å². The minimum atomic E-state index is 0.568. The number of anilines is 1. The van der Waals surface area contributed by atoms with E-state index in [2.05, 4.69) is 4.98 Å². The number of nitrogen functional groups attached to an aromatic ring is 1. The quantitative estimate of drug-likeness (QED) is 0.621. The van der Waals surface area contributed by atoms with E-state index in [1.165, 1.54) is 5.56 Å². The van der Waals surface area contributed by atoms with Gasteiger partial charge in [0.25, 0.3) is 0 Å². The lowest BCUT2D eigenvalue weighted by atomic mass is 10.1. The number of pyridine rings is 1. The van der Waals surface area contributed by atoms with Gasteiger partial charge in [-0.05, 0) is 49.6 Å². The van der Waals surface area contributed by atoms with E-state index in [9.17, 15) is 0 Å². The zero-order chi connectivity index (χ0) is 14.2. The summed E-state index contributed by atoms with van der Waals surface area (Å²) in [5, 5.41) is 0. The largest absolute Gasteiger partial charge is 0.492 e. The number of hydrogen-bond acceptors (Lipinski definition) is 4. The highest BCUT2D eigenvalue weighted by molar-refractivity contribution is 5.62. The van der Waals surface area contributed by atoms with Crippen molar-refractivity contribution in [1.82, 2.24) is 4.98 Å². The summed E-state index contributed by atoms with van der Waals surface area (Å²) in [6.07, 6.45) is 5.51. The van der Waals surface area contributed by atoms with E-state index in [-0.39, 0.29) is 0 Å². The van der Waals surface area contributed by atoms with E-state index in [4.69, 9.17) is 15.2 Å². The molecule has 0 saturated heterocycles. The fraction of sp³-hybridized carbons (Fsp3) is 0.312. The number of benzene rings is 1. The van der Waals surface area contributed by atoms with Crippen LogP contribution in [0.2, 0.25) is 0 Å². The Morgan fingerprint density at radius 1 is 1.05 bits per heavy atom. The monoisotopic (exact) mass is 272 g/mol. The summed E-state index contributed by atoms with van der Waals surface area (Å²) < 4.78 is 11.2. The number of para-hydroxylation sites is 1. The van der Waals surface area contributed by atoms with Gasteiger partial charge in [0.2, 0.25) is 0 Å². The van der Waals surface area contributed by atoms with Crippen molar-refractivity contribution in [3.63, 3.8) is 0 Å². The molecule has 2 rings (SSSR count). The highest BCUT2D eigenvalue weighted by Crippen LogP contribution is 2.31. The number of aromatic nitrogens is 1. The standard InChI is InChI=1S/C16H20N2O2/c1-2-19-14-6-3-7-15(16(14)17)20-12-4-5-13-8-10-18-11-9-13/h3,6-11H,2,4-5,12,17H2,1H3. The molecule has 2 N–H and O–H groups in total. The van der Waals surface area contributed by atoms with Crippen LogP contribution in [-0.2, 0) is 6.42 Å². The Bertz CT molecular complexity index is 529. The summed E-state index contributed by atoms with van der Waals surface area (Å²) in [4.78, 5) is 4.00. The maximum Gasteiger partial charge on any atom is 0.146 e. The number of nitrogens with zero attached hydrogens (tertiary/aromatic N) is 1. The molecule has 1 aromatic carbocycles. The third-order valence-corrected chi connectivity index (χ3v) is 2.94. The average Bonchev–Trinajstić information content (AvgIpc) is 2.48. The van der Waals surface area contributed by atoms with Crippen molar-refractivity contribution >= 4 is 5.69 Å². The van der Waals surface area contributed by atoms with Crippen LogP contribution in [0.25, 0.3) is 0 Å². The van der Waals surface area contributed by atoms with Gasteiger partial charge in [-0.3, -0.25) is 4.98 Å². The fourth-order valence-corrected chi connectivity index (χ4v) is 1.94. The van der Waals surface area contributed by atoms with Crippen molar-refractivity contribution in [2.24, 2.45) is 0 Å². The smallest absolute Gasteiger partial charge is 0.146 e. The molecule has 0 aliphatic heterocycles. The summed E-state index contributed by atoms with van der Waals surface area (Å²) in [6, 6.07) is 9.64. The SMILES string of the molecule is CCOc1cccc(OCCCc2ccncc2)c1N. The molecule has 0 radical (unpaired) electrons. The lowest BCUT2D eigenvalue weighted by molar-refractivity contribution is 0.306. The van der Waals surface area contributed by atoms with E-state index in [0.29, 0.717) is 30.4 Å². The van der Waals surface area contributed by atoms with E-state index in [0.717, 1.165) is 12.8 Å². The molecule has 0 aliphatic carbocycles. The van der Waals surface area contributed by atoms with Crippen LogP contribution in [0.4, 0.5) is 5.69 Å². The molecule has 106 valence electrons. The molecule has 0 saturated carbocycles. The molecular weight excluding hydrogens is 252 g/mol. The first-order valence-electron chi connectivity index (χ1n) is 6.84. The van der Waals surface area contributed by atoms with Crippen LogP contribution < -0.4 is 15.2 Å². The van der Waals surface area contributed by atoms with Crippen LogP contribution in [0, 0.1) is 0 Å². The van der Waals surface area contributed by atoms with Gasteiger partial charge in [0.15, 0.2) is 0 Å². The Hall–Kier alpha value is -2.23. The van der Waals surface area contributed by atoms with Crippen LogP contribution in [0.15, 0.2) is 42.7 Å². The Morgan fingerprint density at radius 2 is 1.75 bits per heavy atom. The number of nitrogens with two attached hydrogens (primary N) is 1. The Labute approximate surface area is 119 Å². The normalized spacial score (nSPS) is 10.2. The second-order valence-electron chi connectivity index (χ2n) is 4.41. The first-order valence-corrected chi connectivity index (χ1v) is 6.84. The van der Waals surface area contributed by atoms with Gasteiger partial charge in [-0.15, -0.1) is 0 Å². The second kappa shape index (κ2) is 7.38. The summed E-state index contributed by atoms with van der Waals surface area (Å²) in [7, 11) is 0. The minimum Gasteiger partial charge on any atom is -0.492 e. The van der Waals surface area contributed by atoms with E-state index >= 15 is 0 Å². The van der Waals surface area contributed by atoms with Crippen molar-refractivity contribution in [3.05, 3.63) is 48.3 Å². The second-order valence-corrected chi connectivity index (χ2v) is 4.41. The zero-order valence-electron chi connectivity index (χ0n) is 11.7. The number of hydrogen-bond donors (Lipinski definition) is 1. The van der Waals surface area contributed by atoms with E-state index in [1.807, 2.05) is 37.3 Å². The predicted molar refractivity (Wildman–Crippen MR) is 80.1 cm³/mol. The molecule has 0 fully saturated rings. The Kier molecular flexibility index (Phi) is 5.24. The zero-order valence-corrected chi connectivity index (χ0v) is 11.7. The summed E-state index contributed by atoms with van der Waals surface area (Å²) >= 11 is 0. The maximum absolute atomic E-state index is 6.00. The third-order valence-electron chi connectivity index (χ3n) is 2.94. The van der Waals surface area contributed by atoms with Gasteiger partial charge >= 0.3 is 0 Å². The topological polar surface area (TPSA) is 57.4 Å². The fourth-order valence-electron chi connectivity index (χ4n) is 1.94. The lowest BCUT2D eigenvalue weighted by Crippen LogP contribution is -2.04. The summed E-state index contributed by atoms with van der Waals surface area (Å²) in [6.45, 7) is 3.15. The Balaban J connectivity index is 1.83. The molecule has 0 bridgehead atoms. The molecule has 1 aromatic heterocycles. The van der Waals surface area contributed by atoms with Crippen LogP contribution in [-0.4, -0.2) is 18.2 Å². The van der Waals surface area contributed by atoms with Crippen LogP contribution >= 0.6 is 0 Å². The number of ether oxygens (including phenoxy) is 2. The predicted octanol–water partition coefficient (Wildman–Crippen LogP) is 3.07.